The first-order chi connectivity index (χ1) is 13.1. The number of benzene rings is 1. The summed E-state index contributed by atoms with van der Waals surface area (Å²) in [4.78, 5) is 19.3. The second kappa shape index (κ2) is 8.52. The molecule has 0 N–H and O–H groups in total. The summed E-state index contributed by atoms with van der Waals surface area (Å²) in [6, 6.07) is 11.6. The van der Waals surface area contributed by atoms with E-state index < -0.39 is 0 Å². The first-order valence-corrected chi connectivity index (χ1v) is 9.91. The first kappa shape index (κ1) is 19.4. The predicted octanol–water partition coefficient (Wildman–Crippen LogP) is 3.97. The van der Waals surface area contributed by atoms with Gasteiger partial charge in [0.1, 0.15) is 0 Å². The lowest BCUT2D eigenvalue weighted by Crippen LogP contribution is -2.32. The molecule has 142 valence electrons. The van der Waals surface area contributed by atoms with E-state index in [1.165, 1.54) is 0 Å². The highest BCUT2D eigenvalue weighted by atomic mass is 79.9. The number of rotatable bonds is 7. The third-order valence-corrected chi connectivity index (χ3v) is 4.92. The predicted molar refractivity (Wildman–Crippen MR) is 109 cm³/mol. The van der Waals surface area contributed by atoms with E-state index in [2.05, 4.69) is 21.0 Å². The topological polar surface area (TPSA) is 59.7 Å². The number of amides is 1. The van der Waals surface area contributed by atoms with Crippen LogP contribution in [0, 0.1) is 0 Å². The molecule has 0 spiro atoms. The fraction of sp³-hybridized carbons (Fsp3) is 0.350. The summed E-state index contributed by atoms with van der Waals surface area (Å²) in [5, 5.41) is 4.54. The maximum Gasteiger partial charge on any atom is 0.231 e. The van der Waals surface area contributed by atoms with Crippen molar-refractivity contribution >= 4 is 27.5 Å². The molecule has 0 unspecified atom stereocenters. The van der Waals surface area contributed by atoms with Crippen molar-refractivity contribution in [2.45, 2.75) is 27.2 Å². The molecule has 0 aliphatic carbocycles. The van der Waals surface area contributed by atoms with Crippen molar-refractivity contribution in [3.8, 4) is 17.1 Å². The fourth-order valence-electron chi connectivity index (χ4n) is 3.02. The summed E-state index contributed by atoms with van der Waals surface area (Å²) in [6.07, 6.45) is 0.233. The number of aromatic nitrogens is 3. The summed E-state index contributed by atoms with van der Waals surface area (Å²) >= 11 is 3.46. The monoisotopic (exact) mass is 430 g/mol. The molecule has 7 heteroatoms. The minimum absolute atomic E-state index is 0.0591. The van der Waals surface area contributed by atoms with Crippen molar-refractivity contribution in [2.75, 3.05) is 19.7 Å². The summed E-state index contributed by atoms with van der Waals surface area (Å²) in [7, 11) is 0. The fourth-order valence-corrected chi connectivity index (χ4v) is 3.28. The van der Waals surface area contributed by atoms with E-state index >= 15 is 0 Å². The molecule has 6 nitrogen and oxygen atoms in total. The summed E-state index contributed by atoms with van der Waals surface area (Å²) < 4.78 is 8.25. The molecule has 0 atom stereocenters. The molecule has 0 saturated heterocycles. The largest absolute Gasteiger partial charge is 0.477 e. The molecule has 2 aromatic heterocycles. The minimum atomic E-state index is 0.0591. The quantitative estimate of drug-likeness (QED) is 0.568. The van der Waals surface area contributed by atoms with Crippen LogP contribution in [0.4, 0.5) is 0 Å². The van der Waals surface area contributed by atoms with Crippen molar-refractivity contribution in [3.05, 3.63) is 46.6 Å². The summed E-state index contributed by atoms with van der Waals surface area (Å²) in [5.41, 5.74) is 3.18. The van der Waals surface area contributed by atoms with Crippen LogP contribution in [0.3, 0.4) is 0 Å². The Kier molecular flexibility index (Phi) is 6.11. The zero-order valence-corrected chi connectivity index (χ0v) is 17.4. The zero-order chi connectivity index (χ0) is 19.4. The van der Waals surface area contributed by atoms with Gasteiger partial charge in [-0.1, -0.05) is 28.1 Å². The lowest BCUT2D eigenvalue weighted by molar-refractivity contribution is -0.130. The number of carbonyl (C=O) groups is 1. The highest BCUT2D eigenvalue weighted by Gasteiger charge is 2.20. The van der Waals surface area contributed by atoms with Crippen LogP contribution in [-0.2, 0) is 11.2 Å². The van der Waals surface area contributed by atoms with Crippen LogP contribution in [0.1, 0.15) is 26.5 Å². The van der Waals surface area contributed by atoms with Crippen molar-refractivity contribution in [1.29, 1.82) is 0 Å². The highest BCUT2D eigenvalue weighted by Crippen LogP contribution is 2.27. The summed E-state index contributed by atoms with van der Waals surface area (Å²) in [6.45, 7) is 7.76. The van der Waals surface area contributed by atoms with Gasteiger partial charge < -0.3 is 9.64 Å². The number of hydrogen-bond acceptors (Lipinski definition) is 4. The van der Waals surface area contributed by atoms with E-state index in [0.717, 1.165) is 21.4 Å². The van der Waals surface area contributed by atoms with E-state index in [0.29, 0.717) is 31.2 Å². The zero-order valence-electron chi connectivity index (χ0n) is 15.8. The Morgan fingerprint density at radius 1 is 1.11 bits per heavy atom. The van der Waals surface area contributed by atoms with Gasteiger partial charge in [-0.2, -0.15) is 0 Å². The summed E-state index contributed by atoms with van der Waals surface area (Å²) in [5.74, 6) is 0.574. The normalized spacial score (nSPS) is 11.0. The number of hydrogen-bond donors (Lipinski definition) is 0. The van der Waals surface area contributed by atoms with Crippen LogP contribution < -0.4 is 4.74 Å². The van der Waals surface area contributed by atoms with Crippen molar-refractivity contribution < 1.29 is 9.53 Å². The lowest BCUT2D eigenvalue weighted by Gasteiger charge is -2.18. The molecule has 0 radical (unpaired) electrons. The lowest BCUT2D eigenvalue weighted by atomic mass is 10.1. The molecule has 0 bridgehead atoms. The van der Waals surface area contributed by atoms with Gasteiger partial charge in [-0.3, -0.25) is 4.79 Å². The van der Waals surface area contributed by atoms with Crippen molar-refractivity contribution in [1.82, 2.24) is 19.5 Å². The van der Waals surface area contributed by atoms with E-state index in [1.807, 2.05) is 56.0 Å². The third-order valence-electron chi connectivity index (χ3n) is 4.39. The second-order valence-corrected chi connectivity index (χ2v) is 6.95. The Morgan fingerprint density at radius 2 is 1.81 bits per heavy atom. The van der Waals surface area contributed by atoms with E-state index in [-0.39, 0.29) is 12.3 Å². The Balaban J connectivity index is 2.12. The number of fused-ring (bicyclic) bond motifs is 1. The standard InChI is InChI=1S/C20H23BrN4O2/c1-4-24(5-2)19(26)13-16-20(14-7-9-15(21)10-8-14)22-17-11-12-18(27-6-3)23-25(16)17/h7-12H,4-6,13H2,1-3H3. The Morgan fingerprint density at radius 3 is 2.44 bits per heavy atom. The average molecular weight is 431 g/mol. The molecule has 1 aromatic carbocycles. The molecule has 0 aliphatic heterocycles. The van der Waals surface area contributed by atoms with Crippen LogP contribution in [-0.4, -0.2) is 45.1 Å². The van der Waals surface area contributed by atoms with Gasteiger partial charge in [0.05, 0.1) is 24.4 Å². The van der Waals surface area contributed by atoms with Crippen LogP contribution in [0.2, 0.25) is 0 Å². The van der Waals surface area contributed by atoms with Gasteiger partial charge in [0.2, 0.25) is 11.8 Å². The third kappa shape index (κ3) is 4.13. The number of imidazole rings is 1. The molecule has 2 heterocycles. The smallest absolute Gasteiger partial charge is 0.231 e. The van der Waals surface area contributed by atoms with Gasteiger partial charge >= 0.3 is 0 Å². The number of nitrogens with zero attached hydrogens (tertiary/aromatic N) is 4. The molecule has 27 heavy (non-hydrogen) atoms. The van der Waals surface area contributed by atoms with Crippen LogP contribution in [0.15, 0.2) is 40.9 Å². The van der Waals surface area contributed by atoms with Crippen LogP contribution >= 0.6 is 15.9 Å². The molecule has 1 amide bonds. The molecule has 3 aromatic rings. The molecular formula is C20H23BrN4O2. The Bertz CT molecular complexity index is 933. The van der Waals surface area contributed by atoms with Crippen molar-refractivity contribution in [3.63, 3.8) is 0 Å². The number of halogens is 1. The van der Waals surface area contributed by atoms with E-state index in [4.69, 9.17) is 9.72 Å². The molecule has 0 fully saturated rings. The SMILES string of the molecule is CCOc1ccc2nc(-c3ccc(Br)cc3)c(CC(=O)N(CC)CC)n2n1. The Labute approximate surface area is 167 Å². The Hall–Kier alpha value is -2.41. The minimum Gasteiger partial charge on any atom is -0.477 e. The van der Waals surface area contributed by atoms with E-state index in [1.54, 1.807) is 10.6 Å². The van der Waals surface area contributed by atoms with Gasteiger partial charge in [0, 0.05) is 29.2 Å². The molecule has 0 saturated carbocycles. The van der Waals surface area contributed by atoms with Gasteiger partial charge in [-0.25, -0.2) is 9.50 Å². The first-order valence-electron chi connectivity index (χ1n) is 9.12. The number of ether oxygens (including phenoxy) is 1. The molecule has 3 rings (SSSR count). The van der Waals surface area contributed by atoms with Gasteiger partial charge in [0.25, 0.3) is 0 Å². The number of carbonyl (C=O) groups excluding carboxylic acids is 1. The second-order valence-electron chi connectivity index (χ2n) is 6.03. The van der Waals surface area contributed by atoms with Crippen LogP contribution in [0.25, 0.3) is 16.9 Å². The van der Waals surface area contributed by atoms with Gasteiger partial charge in [0.15, 0.2) is 5.65 Å². The molecular weight excluding hydrogens is 408 g/mol. The number of likely N-dealkylation sites (N-methyl/N-ethyl adjacent to an activating group) is 1. The van der Waals surface area contributed by atoms with Crippen molar-refractivity contribution in [2.24, 2.45) is 0 Å². The maximum atomic E-state index is 12.8. The maximum absolute atomic E-state index is 12.8. The average Bonchev–Trinajstić information content (AvgIpc) is 3.01. The van der Waals surface area contributed by atoms with Gasteiger partial charge in [-0.15, -0.1) is 5.10 Å². The van der Waals surface area contributed by atoms with Crippen LogP contribution in [0.5, 0.6) is 5.88 Å². The van der Waals surface area contributed by atoms with E-state index in [9.17, 15) is 4.79 Å². The van der Waals surface area contributed by atoms with Gasteiger partial charge in [-0.05, 0) is 39.0 Å². The molecule has 0 aliphatic rings. The highest BCUT2D eigenvalue weighted by molar-refractivity contribution is 9.10.